The van der Waals surface area contributed by atoms with E-state index >= 15 is 0 Å². The molecular weight excluding hydrogens is 477 g/mol. The van der Waals surface area contributed by atoms with Crippen molar-refractivity contribution in [3.05, 3.63) is 57.4 Å². The van der Waals surface area contributed by atoms with Crippen LogP contribution in [-0.2, 0) is 16.1 Å². The molecule has 3 heterocycles. The van der Waals surface area contributed by atoms with Crippen LogP contribution in [0.5, 0.6) is 0 Å². The first kappa shape index (κ1) is 18.2. The molecule has 0 bridgehead atoms. The van der Waals surface area contributed by atoms with Crippen LogP contribution in [0.2, 0.25) is 0 Å². The van der Waals surface area contributed by atoms with E-state index in [2.05, 4.69) is 32.9 Å². The van der Waals surface area contributed by atoms with E-state index in [1.165, 1.54) is 11.3 Å². The number of nitrogens with zero attached hydrogens (tertiary/aromatic N) is 2. The molecule has 1 N–H and O–H groups in total. The Hall–Kier alpha value is -2.20. The summed E-state index contributed by atoms with van der Waals surface area (Å²) in [5.41, 5.74) is 1.83. The molecule has 1 unspecified atom stereocenters. The summed E-state index contributed by atoms with van der Waals surface area (Å²) in [6, 6.07) is 11.7. The first-order valence-corrected chi connectivity index (χ1v) is 10.4. The number of hydrogen-bond donors (Lipinski definition) is 1. The predicted octanol–water partition coefficient (Wildman–Crippen LogP) is 3.99. The molecule has 1 fully saturated rings. The molecule has 0 aliphatic carbocycles. The van der Waals surface area contributed by atoms with Crippen LogP contribution >= 0.6 is 33.9 Å². The zero-order valence-corrected chi connectivity index (χ0v) is 17.2. The standard InChI is InChI=1S/C19H16IN3O3S/c20-14-5-3-12(4-6-14)16-11-27-19(21-16)22-18(25)13-8-17(24)23(9-13)10-15-2-1-7-26-15/h1-7,11,13H,8-10H2,(H,21,22,25). The van der Waals surface area contributed by atoms with E-state index in [9.17, 15) is 9.59 Å². The Kier molecular flexibility index (Phi) is 5.26. The summed E-state index contributed by atoms with van der Waals surface area (Å²) in [5.74, 6) is 0.128. The first-order valence-electron chi connectivity index (χ1n) is 8.41. The number of nitrogens with one attached hydrogen (secondary N) is 1. The number of halogens is 1. The van der Waals surface area contributed by atoms with Crippen LogP contribution < -0.4 is 5.32 Å². The normalized spacial score (nSPS) is 16.7. The van der Waals surface area contributed by atoms with Gasteiger partial charge in [-0.25, -0.2) is 4.98 Å². The van der Waals surface area contributed by atoms with Gasteiger partial charge in [0.15, 0.2) is 5.13 Å². The molecule has 1 atom stereocenters. The molecule has 2 amide bonds. The summed E-state index contributed by atoms with van der Waals surface area (Å²) >= 11 is 3.64. The number of thiazole rings is 1. The lowest BCUT2D eigenvalue weighted by molar-refractivity contribution is -0.128. The smallest absolute Gasteiger partial charge is 0.231 e. The molecule has 1 aromatic carbocycles. The number of benzene rings is 1. The highest BCUT2D eigenvalue weighted by molar-refractivity contribution is 14.1. The maximum absolute atomic E-state index is 12.6. The SMILES string of the molecule is O=C(Nc1nc(-c2ccc(I)cc2)cs1)C1CC(=O)N(Cc2ccco2)C1. The van der Waals surface area contributed by atoms with Gasteiger partial charge in [-0.1, -0.05) is 12.1 Å². The number of aromatic nitrogens is 1. The third kappa shape index (κ3) is 4.22. The molecule has 1 aliphatic heterocycles. The fraction of sp³-hybridized carbons (Fsp3) is 0.211. The molecule has 3 aromatic rings. The van der Waals surface area contributed by atoms with Crippen LogP contribution in [0.15, 0.2) is 52.5 Å². The maximum Gasteiger partial charge on any atom is 0.231 e. The molecule has 1 saturated heterocycles. The molecule has 138 valence electrons. The number of likely N-dealkylation sites (tertiary alicyclic amines) is 1. The summed E-state index contributed by atoms with van der Waals surface area (Å²) in [5, 5.41) is 5.31. The Morgan fingerprint density at radius 1 is 1.33 bits per heavy atom. The van der Waals surface area contributed by atoms with Crippen LogP contribution in [0.4, 0.5) is 5.13 Å². The molecule has 0 spiro atoms. The van der Waals surface area contributed by atoms with E-state index in [-0.39, 0.29) is 24.2 Å². The van der Waals surface area contributed by atoms with E-state index in [0.717, 1.165) is 14.8 Å². The number of furan rings is 1. The minimum atomic E-state index is -0.377. The van der Waals surface area contributed by atoms with Crippen molar-refractivity contribution >= 4 is 50.9 Å². The number of amides is 2. The van der Waals surface area contributed by atoms with Crippen molar-refractivity contribution in [2.75, 3.05) is 11.9 Å². The largest absolute Gasteiger partial charge is 0.467 e. The third-order valence-corrected chi connectivity index (χ3v) is 5.86. The molecule has 0 saturated carbocycles. The van der Waals surface area contributed by atoms with E-state index in [1.807, 2.05) is 35.7 Å². The summed E-state index contributed by atoms with van der Waals surface area (Å²) in [6.07, 6.45) is 1.79. The van der Waals surface area contributed by atoms with Gasteiger partial charge in [0, 0.05) is 27.5 Å². The Balaban J connectivity index is 1.38. The second-order valence-electron chi connectivity index (χ2n) is 6.29. The highest BCUT2D eigenvalue weighted by atomic mass is 127. The van der Waals surface area contributed by atoms with Crippen molar-refractivity contribution in [2.24, 2.45) is 5.92 Å². The van der Waals surface area contributed by atoms with E-state index in [4.69, 9.17) is 4.42 Å². The highest BCUT2D eigenvalue weighted by Crippen LogP contribution is 2.27. The summed E-state index contributed by atoms with van der Waals surface area (Å²) < 4.78 is 6.44. The second kappa shape index (κ2) is 7.81. The fourth-order valence-corrected chi connectivity index (χ4v) is 4.07. The summed E-state index contributed by atoms with van der Waals surface area (Å²) in [4.78, 5) is 30.9. The van der Waals surface area contributed by atoms with Crippen molar-refractivity contribution in [3.8, 4) is 11.3 Å². The number of carbonyl (C=O) groups is 2. The van der Waals surface area contributed by atoms with Gasteiger partial charge in [-0.15, -0.1) is 11.3 Å². The van der Waals surface area contributed by atoms with Gasteiger partial charge < -0.3 is 14.6 Å². The minimum Gasteiger partial charge on any atom is -0.467 e. The number of anilines is 1. The van der Waals surface area contributed by atoms with Crippen LogP contribution in [0.3, 0.4) is 0 Å². The van der Waals surface area contributed by atoms with Gasteiger partial charge >= 0.3 is 0 Å². The maximum atomic E-state index is 12.6. The quantitative estimate of drug-likeness (QED) is 0.546. The topological polar surface area (TPSA) is 75.4 Å². The van der Waals surface area contributed by atoms with Crippen molar-refractivity contribution in [3.63, 3.8) is 0 Å². The zero-order valence-electron chi connectivity index (χ0n) is 14.2. The van der Waals surface area contributed by atoms with Gasteiger partial charge in [0.1, 0.15) is 5.76 Å². The van der Waals surface area contributed by atoms with Crippen LogP contribution in [0.1, 0.15) is 12.2 Å². The molecule has 1 aliphatic rings. The Morgan fingerprint density at radius 3 is 2.89 bits per heavy atom. The molecule has 27 heavy (non-hydrogen) atoms. The average molecular weight is 493 g/mol. The molecule has 0 radical (unpaired) electrons. The zero-order chi connectivity index (χ0) is 18.8. The van der Waals surface area contributed by atoms with Gasteiger partial charge in [0.25, 0.3) is 0 Å². The summed E-state index contributed by atoms with van der Waals surface area (Å²) in [7, 11) is 0. The van der Waals surface area contributed by atoms with Crippen LogP contribution in [0.25, 0.3) is 11.3 Å². The lowest BCUT2D eigenvalue weighted by Gasteiger charge is -2.14. The molecular formula is C19H16IN3O3S. The third-order valence-electron chi connectivity index (χ3n) is 4.39. The van der Waals surface area contributed by atoms with Crippen molar-refractivity contribution in [1.82, 2.24) is 9.88 Å². The predicted molar refractivity (Wildman–Crippen MR) is 111 cm³/mol. The average Bonchev–Trinajstić information content (AvgIpc) is 3.39. The van der Waals surface area contributed by atoms with E-state index in [1.54, 1.807) is 17.2 Å². The molecule has 6 nitrogen and oxygen atoms in total. The molecule has 2 aromatic heterocycles. The van der Waals surface area contributed by atoms with Gasteiger partial charge in [-0.2, -0.15) is 0 Å². The number of carbonyl (C=O) groups excluding carboxylic acids is 2. The van der Waals surface area contributed by atoms with Crippen LogP contribution in [0, 0.1) is 9.49 Å². The van der Waals surface area contributed by atoms with Gasteiger partial charge in [0.2, 0.25) is 11.8 Å². The first-order chi connectivity index (χ1) is 13.1. The fourth-order valence-electron chi connectivity index (χ4n) is 2.98. The van der Waals surface area contributed by atoms with E-state index < -0.39 is 0 Å². The van der Waals surface area contributed by atoms with Gasteiger partial charge in [-0.05, 0) is 46.9 Å². The monoisotopic (exact) mass is 493 g/mol. The number of rotatable bonds is 5. The van der Waals surface area contributed by atoms with E-state index in [0.29, 0.717) is 24.0 Å². The summed E-state index contributed by atoms with van der Waals surface area (Å²) in [6.45, 7) is 0.782. The number of hydrogen-bond acceptors (Lipinski definition) is 5. The van der Waals surface area contributed by atoms with Crippen molar-refractivity contribution < 1.29 is 14.0 Å². The van der Waals surface area contributed by atoms with Gasteiger partial charge in [-0.3, -0.25) is 9.59 Å². The highest BCUT2D eigenvalue weighted by Gasteiger charge is 2.35. The van der Waals surface area contributed by atoms with Crippen molar-refractivity contribution in [1.29, 1.82) is 0 Å². The minimum absolute atomic E-state index is 0.0368. The second-order valence-corrected chi connectivity index (χ2v) is 8.39. The van der Waals surface area contributed by atoms with Gasteiger partial charge in [0.05, 0.1) is 24.4 Å². The molecule has 8 heteroatoms. The van der Waals surface area contributed by atoms with Crippen molar-refractivity contribution in [2.45, 2.75) is 13.0 Å². The Bertz CT molecular complexity index is 953. The molecule has 4 rings (SSSR count). The Morgan fingerprint density at radius 2 is 2.15 bits per heavy atom. The lowest BCUT2D eigenvalue weighted by Crippen LogP contribution is -2.27. The van der Waals surface area contributed by atoms with Crippen LogP contribution in [-0.4, -0.2) is 28.2 Å². The lowest BCUT2D eigenvalue weighted by atomic mass is 10.1. The Labute approximate surface area is 173 Å².